The van der Waals surface area contributed by atoms with Crippen molar-refractivity contribution in [2.75, 3.05) is 0 Å². The number of rotatable bonds is 5. The molecule has 1 aliphatic carbocycles. The van der Waals surface area contributed by atoms with Gasteiger partial charge in [-0.1, -0.05) is 56.5 Å². The molecule has 0 atom stereocenters. The van der Waals surface area contributed by atoms with Crippen molar-refractivity contribution in [3.63, 3.8) is 0 Å². The Balaban J connectivity index is 1.99. The standard InChI is InChI=1S/C19H30/c1-4-12-19(13-5-2)14-10-18(11-15-19)17-8-6-16(3)7-9-17/h6-9,18H,4-5,10-15H2,1-3H3. The maximum atomic E-state index is 2.35. The van der Waals surface area contributed by atoms with Crippen LogP contribution in [0.2, 0.25) is 0 Å². The molecule has 0 radical (unpaired) electrons. The summed E-state index contributed by atoms with van der Waals surface area (Å²) in [6.07, 6.45) is 11.3. The average molecular weight is 258 g/mol. The van der Waals surface area contributed by atoms with Crippen molar-refractivity contribution in [3.8, 4) is 0 Å². The lowest BCUT2D eigenvalue weighted by Crippen LogP contribution is -2.26. The molecule has 1 aromatic rings. The molecular formula is C19H30. The van der Waals surface area contributed by atoms with Crippen molar-refractivity contribution >= 4 is 0 Å². The molecule has 0 aliphatic heterocycles. The van der Waals surface area contributed by atoms with Crippen LogP contribution in [-0.4, -0.2) is 0 Å². The van der Waals surface area contributed by atoms with Gasteiger partial charge in [0.2, 0.25) is 0 Å². The van der Waals surface area contributed by atoms with Gasteiger partial charge in [-0.25, -0.2) is 0 Å². The molecule has 1 aromatic carbocycles. The second-order valence-electron chi connectivity index (χ2n) is 6.68. The summed E-state index contributed by atoms with van der Waals surface area (Å²) in [6, 6.07) is 9.25. The summed E-state index contributed by atoms with van der Waals surface area (Å²) in [4.78, 5) is 0. The van der Waals surface area contributed by atoms with Crippen molar-refractivity contribution < 1.29 is 0 Å². The van der Waals surface area contributed by atoms with E-state index in [-0.39, 0.29) is 0 Å². The third-order valence-electron chi connectivity index (χ3n) is 5.16. The van der Waals surface area contributed by atoms with Gasteiger partial charge in [0.15, 0.2) is 0 Å². The van der Waals surface area contributed by atoms with Gasteiger partial charge >= 0.3 is 0 Å². The average Bonchev–Trinajstić information content (AvgIpc) is 2.41. The minimum Gasteiger partial charge on any atom is -0.0654 e. The number of aryl methyl sites for hydroxylation is 1. The van der Waals surface area contributed by atoms with E-state index in [1.807, 2.05) is 0 Å². The first-order valence-corrected chi connectivity index (χ1v) is 8.25. The number of hydrogen-bond acceptors (Lipinski definition) is 0. The second-order valence-corrected chi connectivity index (χ2v) is 6.68. The SMILES string of the molecule is CCCC1(CCC)CCC(c2ccc(C)cc2)CC1. The third-order valence-corrected chi connectivity index (χ3v) is 5.16. The second kappa shape index (κ2) is 6.59. The highest BCUT2D eigenvalue weighted by Crippen LogP contribution is 2.48. The Morgan fingerprint density at radius 3 is 1.95 bits per heavy atom. The zero-order valence-corrected chi connectivity index (χ0v) is 13.0. The molecule has 106 valence electrons. The van der Waals surface area contributed by atoms with Crippen molar-refractivity contribution in [3.05, 3.63) is 35.4 Å². The Morgan fingerprint density at radius 2 is 1.47 bits per heavy atom. The first-order valence-electron chi connectivity index (χ1n) is 8.25. The largest absolute Gasteiger partial charge is 0.0654 e. The van der Waals surface area contributed by atoms with Crippen molar-refractivity contribution in [1.29, 1.82) is 0 Å². The highest BCUT2D eigenvalue weighted by molar-refractivity contribution is 5.25. The summed E-state index contributed by atoms with van der Waals surface area (Å²) in [7, 11) is 0. The zero-order valence-electron chi connectivity index (χ0n) is 13.0. The van der Waals surface area contributed by atoms with Crippen LogP contribution in [0.1, 0.15) is 82.3 Å². The molecule has 0 nitrogen and oxygen atoms in total. The first kappa shape index (κ1) is 14.6. The van der Waals surface area contributed by atoms with Crippen LogP contribution in [0.3, 0.4) is 0 Å². The van der Waals surface area contributed by atoms with Gasteiger partial charge < -0.3 is 0 Å². The van der Waals surface area contributed by atoms with Crippen LogP contribution in [0.5, 0.6) is 0 Å². The maximum absolute atomic E-state index is 2.35. The van der Waals surface area contributed by atoms with Gasteiger partial charge in [0, 0.05) is 0 Å². The normalized spacial score (nSPS) is 19.5. The molecule has 1 fully saturated rings. The minimum atomic E-state index is 0.685. The highest BCUT2D eigenvalue weighted by atomic mass is 14.4. The van der Waals surface area contributed by atoms with Crippen molar-refractivity contribution in [1.82, 2.24) is 0 Å². The summed E-state index contributed by atoms with van der Waals surface area (Å²) >= 11 is 0. The van der Waals surface area contributed by atoms with Crippen LogP contribution >= 0.6 is 0 Å². The van der Waals surface area contributed by atoms with Crippen LogP contribution in [-0.2, 0) is 0 Å². The Hall–Kier alpha value is -0.780. The molecule has 0 N–H and O–H groups in total. The van der Waals surface area contributed by atoms with Crippen LogP contribution < -0.4 is 0 Å². The Bertz CT molecular complexity index is 358. The summed E-state index contributed by atoms with van der Waals surface area (Å²) in [6.45, 7) is 6.88. The molecule has 19 heavy (non-hydrogen) atoms. The van der Waals surface area contributed by atoms with Crippen molar-refractivity contribution in [2.24, 2.45) is 5.41 Å². The summed E-state index contributed by atoms with van der Waals surface area (Å²) in [5.74, 6) is 0.822. The van der Waals surface area contributed by atoms with Crippen LogP contribution in [0.15, 0.2) is 24.3 Å². The molecule has 0 spiro atoms. The van der Waals surface area contributed by atoms with Gasteiger partial charge in [0.05, 0.1) is 0 Å². The molecule has 1 saturated carbocycles. The molecular weight excluding hydrogens is 228 g/mol. The van der Waals surface area contributed by atoms with Gasteiger partial charge in [0.1, 0.15) is 0 Å². The molecule has 0 unspecified atom stereocenters. The molecule has 0 saturated heterocycles. The topological polar surface area (TPSA) is 0 Å². The van der Waals surface area contributed by atoms with E-state index in [0.29, 0.717) is 5.41 Å². The van der Waals surface area contributed by atoms with Gasteiger partial charge in [-0.15, -0.1) is 0 Å². The van der Waals surface area contributed by atoms with Gasteiger partial charge in [-0.05, 0) is 62.3 Å². The summed E-state index contributed by atoms with van der Waals surface area (Å²) in [5.41, 5.74) is 3.64. The van der Waals surface area contributed by atoms with Gasteiger partial charge in [-0.3, -0.25) is 0 Å². The van der Waals surface area contributed by atoms with E-state index in [0.717, 1.165) is 5.92 Å². The van der Waals surface area contributed by atoms with Crippen LogP contribution in [0.4, 0.5) is 0 Å². The fourth-order valence-corrected chi connectivity index (χ4v) is 4.09. The molecule has 0 heterocycles. The quantitative estimate of drug-likeness (QED) is 0.586. The van der Waals surface area contributed by atoms with Crippen molar-refractivity contribution in [2.45, 2.75) is 78.1 Å². The highest BCUT2D eigenvalue weighted by Gasteiger charge is 2.33. The lowest BCUT2D eigenvalue weighted by Gasteiger charge is -2.40. The number of benzene rings is 1. The predicted molar refractivity (Wildman–Crippen MR) is 84.6 cm³/mol. The molecule has 0 amide bonds. The van der Waals surface area contributed by atoms with E-state index in [2.05, 4.69) is 45.0 Å². The van der Waals surface area contributed by atoms with Gasteiger partial charge in [-0.2, -0.15) is 0 Å². The third kappa shape index (κ3) is 3.61. The lowest BCUT2D eigenvalue weighted by atomic mass is 9.65. The zero-order chi connectivity index (χ0) is 13.7. The first-order chi connectivity index (χ1) is 9.19. The summed E-state index contributed by atoms with van der Waals surface area (Å²) < 4.78 is 0. The molecule has 2 rings (SSSR count). The maximum Gasteiger partial charge on any atom is -0.0162 e. The fourth-order valence-electron chi connectivity index (χ4n) is 4.09. The van der Waals surface area contributed by atoms with Gasteiger partial charge in [0.25, 0.3) is 0 Å². The predicted octanol–water partition coefficient (Wildman–Crippen LogP) is 6.24. The van der Waals surface area contributed by atoms with E-state index in [9.17, 15) is 0 Å². The lowest BCUT2D eigenvalue weighted by molar-refractivity contribution is 0.142. The molecule has 1 aliphatic rings. The Labute approximate surface area is 119 Å². The molecule has 0 bridgehead atoms. The Morgan fingerprint density at radius 1 is 0.947 bits per heavy atom. The minimum absolute atomic E-state index is 0.685. The molecule has 0 aromatic heterocycles. The van der Waals surface area contributed by atoms with Crippen LogP contribution in [0, 0.1) is 12.3 Å². The van der Waals surface area contributed by atoms with E-state index >= 15 is 0 Å². The monoisotopic (exact) mass is 258 g/mol. The van der Waals surface area contributed by atoms with E-state index in [1.54, 1.807) is 5.56 Å². The van der Waals surface area contributed by atoms with E-state index < -0.39 is 0 Å². The van der Waals surface area contributed by atoms with Crippen LogP contribution in [0.25, 0.3) is 0 Å². The summed E-state index contributed by atoms with van der Waals surface area (Å²) in [5, 5.41) is 0. The smallest absolute Gasteiger partial charge is 0.0162 e. The van der Waals surface area contributed by atoms with E-state index in [4.69, 9.17) is 0 Å². The Kier molecular flexibility index (Phi) is 5.07. The number of hydrogen-bond donors (Lipinski definition) is 0. The van der Waals surface area contributed by atoms with E-state index in [1.165, 1.54) is 56.9 Å². The molecule has 0 heteroatoms. The fraction of sp³-hybridized carbons (Fsp3) is 0.684.